The summed E-state index contributed by atoms with van der Waals surface area (Å²) >= 11 is 0. The van der Waals surface area contributed by atoms with E-state index in [1.54, 1.807) is 42.5 Å². The summed E-state index contributed by atoms with van der Waals surface area (Å²) in [5.41, 5.74) is 1.46. The van der Waals surface area contributed by atoms with Crippen LogP contribution in [0.25, 0.3) is 6.08 Å². The Kier molecular flexibility index (Phi) is 7.88. The number of halogens is 1. The third-order valence-electron chi connectivity index (χ3n) is 5.55. The van der Waals surface area contributed by atoms with E-state index in [1.165, 1.54) is 24.4 Å². The van der Waals surface area contributed by atoms with Gasteiger partial charge in [-0.3, -0.25) is 9.78 Å². The van der Waals surface area contributed by atoms with Gasteiger partial charge in [0.25, 0.3) is 0 Å². The van der Waals surface area contributed by atoms with Crippen molar-refractivity contribution in [3.8, 4) is 17.2 Å². The quantitative estimate of drug-likeness (QED) is 0.407. The molecular formula is C27H27FN2O4. The molecule has 1 aromatic heterocycles. The maximum Gasteiger partial charge on any atom is 0.246 e. The van der Waals surface area contributed by atoms with E-state index in [-0.39, 0.29) is 17.8 Å². The predicted molar refractivity (Wildman–Crippen MR) is 127 cm³/mol. The molecule has 3 aromatic rings. The van der Waals surface area contributed by atoms with Crippen LogP contribution >= 0.6 is 0 Å². The van der Waals surface area contributed by atoms with Gasteiger partial charge in [-0.2, -0.15) is 0 Å². The van der Waals surface area contributed by atoms with Gasteiger partial charge in [-0.15, -0.1) is 0 Å². The highest BCUT2D eigenvalue weighted by Gasteiger charge is 2.22. The highest BCUT2D eigenvalue weighted by Crippen LogP contribution is 2.25. The Balaban J connectivity index is 1.47. The molecule has 0 saturated carbocycles. The maximum absolute atomic E-state index is 14.6. The lowest BCUT2D eigenvalue weighted by atomic mass is 10.1. The third-order valence-corrected chi connectivity index (χ3v) is 5.55. The summed E-state index contributed by atoms with van der Waals surface area (Å²) in [5.74, 6) is 0.553. The van der Waals surface area contributed by atoms with Crippen molar-refractivity contribution in [1.82, 2.24) is 9.88 Å². The molecule has 1 aliphatic rings. The van der Waals surface area contributed by atoms with E-state index in [4.69, 9.17) is 14.2 Å². The van der Waals surface area contributed by atoms with Crippen molar-refractivity contribution in [3.05, 3.63) is 90.0 Å². The monoisotopic (exact) mass is 462 g/mol. The summed E-state index contributed by atoms with van der Waals surface area (Å²) in [6, 6.07) is 15.6. The second-order valence-electron chi connectivity index (χ2n) is 7.98. The van der Waals surface area contributed by atoms with E-state index < -0.39 is 5.82 Å². The molecule has 1 atom stereocenters. The molecule has 1 amide bonds. The minimum absolute atomic E-state index is 0.00779. The number of methoxy groups -OCH3 is 1. The fourth-order valence-electron chi connectivity index (χ4n) is 3.82. The number of benzene rings is 2. The maximum atomic E-state index is 14.6. The van der Waals surface area contributed by atoms with Gasteiger partial charge in [0.1, 0.15) is 11.5 Å². The topological polar surface area (TPSA) is 60.9 Å². The van der Waals surface area contributed by atoms with Crippen LogP contribution in [0.2, 0.25) is 0 Å². The number of rotatable bonds is 9. The minimum atomic E-state index is -0.524. The molecule has 2 heterocycles. The first-order valence-corrected chi connectivity index (χ1v) is 11.2. The Morgan fingerprint density at radius 2 is 2.09 bits per heavy atom. The summed E-state index contributed by atoms with van der Waals surface area (Å²) < 4.78 is 31.3. The molecule has 0 radical (unpaired) electrons. The molecule has 1 aliphatic heterocycles. The van der Waals surface area contributed by atoms with Crippen LogP contribution in [0.4, 0.5) is 4.39 Å². The Bertz CT molecular complexity index is 1130. The van der Waals surface area contributed by atoms with Gasteiger partial charge in [-0.25, -0.2) is 4.39 Å². The summed E-state index contributed by atoms with van der Waals surface area (Å²) in [7, 11) is 1.61. The van der Waals surface area contributed by atoms with Crippen LogP contribution in [-0.4, -0.2) is 42.2 Å². The van der Waals surface area contributed by atoms with Gasteiger partial charge in [0.05, 0.1) is 19.4 Å². The standard InChI is InChI=1S/C27H27FN2O4/c1-32-25-9-3-2-6-21(25)18-30(19-23-8-5-15-33-23)27(31)13-11-20-10-12-26(24(28)16-20)34-22-7-4-14-29-17-22/h2-4,6-7,9-14,16-17,23H,5,8,15,18-19H2,1H3/b13-11+. The van der Waals surface area contributed by atoms with E-state index in [0.717, 1.165) is 24.2 Å². The van der Waals surface area contributed by atoms with Crippen LogP contribution in [0.15, 0.2) is 73.1 Å². The normalized spacial score (nSPS) is 15.4. The van der Waals surface area contributed by atoms with Crippen LogP contribution in [0.3, 0.4) is 0 Å². The van der Waals surface area contributed by atoms with Crippen molar-refractivity contribution >= 4 is 12.0 Å². The molecule has 0 bridgehead atoms. The van der Waals surface area contributed by atoms with Crippen molar-refractivity contribution in [2.75, 3.05) is 20.3 Å². The molecule has 0 N–H and O–H groups in total. The Morgan fingerprint density at radius 3 is 2.82 bits per heavy atom. The van der Waals surface area contributed by atoms with Crippen molar-refractivity contribution in [3.63, 3.8) is 0 Å². The Morgan fingerprint density at radius 1 is 1.21 bits per heavy atom. The molecule has 4 rings (SSSR count). The van der Waals surface area contributed by atoms with Crippen molar-refractivity contribution in [2.24, 2.45) is 0 Å². The molecule has 1 fully saturated rings. The fourth-order valence-corrected chi connectivity index (χ4v) is 3.82. The highest BCUT2D eigenvalue weighted by molar-refractivity contribution is 5.91. The van der Waals surface area contributed by atoms with Crippen LogP contribution in [0.5, 0.6) is 17.2 Å². The van der Waals surface area contributed by atoms with Gasteiger partial charge in [0.2, 0.25) is 5.91 Å². The molecule has 1 saturated heterocycles. The zero-order chi connectivity index (χ0) is 23.8. The summed E-state index contributed by atoms with van der Waals surface area (Å²) in [6.07, 6.45) is 8.10. The molecule has 6 nitrogen and oxygen atoms in total. The van der Waals surface area contributed by atoms with E-state index in [0.29, 0.717) is 31.0 Å². The van der Waals surface area contributed by atoms with Crippen LogP contribution in [0.1, 0.15) is 24.0 Å². The number of ether oxygens (including phenoxy) is 3. The van der Waals surface area contributed by atoms with Gasteiger partial charge >= 0.3 is 0 Å². The first-order chi connectivity index (χ1) is 16.6. The summed E-state index contributed by atoms with van der Waals surface area (Å²) in [5, 5.41) is 0. The van der Waals surface area contributed by atoms with Gasteiger partial charge in [0, 0.05) is 37.5 Å². The largest absolute Gasteiger partial charge is 0.496 e. The van der Waals surface area contributed by atoms with Gasteiger partial charge in [0.15, 0.2) is 11.6 Å². The predicted octanol–water partition coefficient (Wildman–Crippen LogP) is 5.24. The van der Waals surface area contributed by atoms with Crippen LogP contribution < -0.4 is 9.47 Å². The summed E-state index contributed by atoms with van der Waals surface area (Å²) in [6.45, 7) is 1.58. The Labute approximate surface area is 198 Å². The number of aromatic nitrogens is 1. The number of nitrogens with zero attached hydrogens (tertiary/aromatic N) is 2. The lowest BCUT2D eigenvalue weighted by Gasteiger charge is -2.25. The number of para-hydroxylation sites is 1. The highest BCUT2D eigenvalue weighted by atomic mass is 19.1. The number of hydrogen-bond donors (Lipinski definition) is 0. The molecule has 176 valence electrons. The van der Waals surface area contributed by atoms with E-state index in [9.17, 15) is 9.18 Å². The average molecular weight is 463 g/mol. The molecule has 1 unspecified atom stereocenters. The van der Waals surface area contributed by atoms with Crippen LogP contribution in [-0.2, 0) is 16.1 Å². The smallest absolute Gasteiger partial charge is 0.246 e. The molecule has 0 aliphatic carbocycles. The average Bonchev–Trinajstić information content (AvgIpc) is 3.38. The second kappa shape index (κ2) is 11.4. The molecule has 0 spiro atoms. The second-order valence-corrected chi connectivity index (χ2v) is 7.98. The SMILES string of the molecule is COc1ccccc1CN(CC1CCCO1)C(=O)/C=C/c1ccc(Oc2cccnc2)c(F)c1. The van der Waals surface area contributed by atoms with Gasteiger partial charge < -0.3 is 19.1 Å². The lowest BCUT2D eigenvalue weighted by molar-refractivity contribution is -0.128. The van der Waals surface area contributed by atoms with Gasteiger partial charge in [-0.05, 0) is 54.8 Å². The van der Waals surface area contributed by atoms with Crippen molar-refractivity contribution in [2.45, 2.75) is 25.5 Å². The van der Waals surface area contributed by atoms with Crippen molar-refractivity contribution < 1.29 is 23.4 Å². The Hall–Kier alpha value is -3.71. The fraction of sp³-hybridized carbons (Fsp3) is 0.259. The molecule has 7 heteroatoms. The van der Waals surface area contributed by atoms with E-state index in [2.05, 4.69) is 4.98 Å². The molecular weight excluding hydrogens is 435 g/mol. The van der Waals surface area contributed by atoms with Gasteiger partial charge in [-0.1, -0.05) is 24.3 Å². The van der Waals surface area contributed by atoms with E-state index >= 15 is 0 Å². The summed E-state index contributed by atoms with van der Waals surface area (Å²) in [4.78, 5) is 18.8. The number of hydrogen-bond acceptors (Lipinski definition) is 5. The molecule has 2 aromatic carbocycles. The number of carbonyl (C=O) groups excluding carboxylic acids is 1. The lowest BCUT2D eigenvalue weighted by Crippen LogP contribution is -2.36. The number of amides is 1. The first kappa shape index (κ1) is 23.4. The molecule has 34 heavy (non-hydrogen) atoms. The van der Waals surface area contributed by atoms with E-state index in [1.807, 2.05) is 24.3 Å². The first-order valence-electron chi connectivity index (χ1n) is 11.2. The van der Waals surface area contributed by atoms with Crippen molar-refractivity contribution in [1.29, 1.82) is 0 Å². The zero-order valence-corrected chi connectivity index (χ0v) is 19.0. The zero-order valence-electron chi connectivity index (χ0n) is 19.0. The number of pyridine rings is 1. The third kappa shape index (κ3) is 6.20. The minimum Gasteiger partial charge on any atom is -0.496 e. The van der Waals surface area contributed by atoms with Crippen LogP contribution in [0, 0.1) is 5.82 Å². The number of carbonyl (C=O) groups is 1.